The van der Waals surface area contributed by atoms with E-state index in [4.69, 9.17) is 15.5 Å². The number of carbonyl (C=O) groups is 1. The van der Waals surface area contributed by atoms with Crippen LogP contribution in [0.25, 0.3) is 5.82 Å². The number of primary amides is 1. The van der Waals surface area contributed by atoms with Crippen molar-refractivity contribution in [2.45, 2.75) is 45.1 Å². The maximum atomic E-state index is 13.3. The van der Waals surface area contributed by atoms with Crippen LogP contribution in [0.3, 0.4) is 0 Å². The van der Waals surface area contributed by atoms with Gasteiger partial charge in [0.15, 0.2) is 17.5 Å². The number of methoxy groups -OCH3 is 1. The number of aromatic nitrogens is 6. The van der Waals surface area contributed by atoms with E-state index in [-0.39, 0.29) is 5.92 Å². The maximum absolute atomic E-state index is 13.3. The zero-order valence-electron chi connectivity index (χ0n) is 21.1. The van der Waals surface area contributed by atoms with Gasteiger partial charge in [0.05, 0.1) is 23.5 Å². The van der Waals surface area contributed by atoms with Crippen molar-refractivity contribution in [1.29, 1.82) is 0 Å². The predicted octanol–water partition coefficient (Wildman–Crippen LogP) is 3.80. The zero-order valence-corrected chi connectivity index (χ0v) is 21.1. The molecular weight excluding hydrogens is 475 g/mol. The van der Waals surface area contributed by atoms with Gasteiger partial charge in [0.25, 0.3) is 0 Å². The van der Waals surface area contributed by atoms with Crippen LogP contribution in [0.15, 0.2) is 48.9 Å². The normalized spacial score (nSPS) is 21.9. The summed E-state index contributed by atoms with van der Waals surface area (Å²) >= 11 is 0. The van der Waals surface area contributed by atoms with Gasteiger partial charge in [-0.2, -0.15) is 10.2 Å². The third-order valence-electron chi connectivity index (χ3n) is 7.37. The molecule has 5 rings (SSSR count). The molecule has 0 radical (unpaired) electrons. The largest absolute Gasteiger partial charge is 0.372 e. The molecule has 1 atom stereocenters. The first kappa shape index (κ1) is 24.6. The smallest absolute Gasteiger partial charge is 0.224 e. The summed E-state index contributed by atoms with van der Waals surface area (Å²) in [5, 5.41) is 14.3. The number of halogens is 1. The van der Waals surface area contributed by atoms with Crippen LogP contribution in [0.1, 0.15) is 48.2 Å². The number of carbonyl (C=O) groups excluding carboxylic acids is 1. The SMILES string of the molecule is COC1(c2cc(C)cc(Nc3cc(C)[nH]n3)n2)CC(C(N)=O)([C@@H](C)c2ccc(-n3cc(F)cn3)nc2)C1. The molecule has 4 aromatic heterocycles. The van der Waals surface area contributed by atoms with E-state index in [1.54, 1.807) is 19.4 Å². The van der Waals surface area contributed by atoms with Gasteiger partial charge in [0.1, 0.15) is 11.4 Å². The molecule has 1 fully saturated rings. The van der Waals surface area contributed by atoms with Crippen LogP contribution in [0.2, 0.25) is 0 Å². The molecule has 0 aromatic carbocycles. The van der Waals surface area contributed by atoms with Crippen LogP contribution >= 0.6 is 0 Å². The molecular formula is C26H29FN8O2. The third-order valence-corrected chi connectivity index (χ3v) is 7.37. The number of H-pyrrole nitrogens is 1. The van der Waals surface area contributed by atoms with Crippen LogP contribution in [-0.2, 0) is 15.1 Å². The highest BCUT2D eigenvalue weighted by molar-refractivity contribution is 5.84. The second-order valence-electron chi connectivity index (χ2n) is 9.82. The number of amides is 1. The third kappa shape index (κ3) is 4.35. The lowest BCUT2D eigenvalue weighted by atomic mass is 9.51. The Morgan fingerprint density at radius 2 is 2.00 bits per heavy atom. The van der Waals surface area contributed by atoms with Crippen molar-refractivity contribution in [2.75, 3.05) is 12.4 Å². The van der Waals surface area contributed by atoms with Crippen molar-refractivity contribution >= 4 is 17.5 Å². The first-order chi connectivity index (χ1) is 17.6. The topological polar surface area (TPSA) is 137 Å². The number of anilines is 2. The molecule has 4 heterocycles. The Kier molecular flexibility index (Phi) is 6.03. The molecule has 4 aromatic rings. The van der Waals surface area contributed by atoms with E-state index in [1.165, 1.54) is 10.9 Å². The van der Waals surface area contributed by atoms with Gasteiger partial charge in [0, 0.05) is 25.1 Å². The molecule has 10 nitrogen and oxygen atoms in total. The van der Waals surface area contributed by atoms with Crippen molar-refractivity contribution in [1.82, 2.24) is 29.9 Å². The summed E-state index contributed by atoms with van der Waals surface area (Å²) in [7, 11) is 1.63. The van der Waals surface area contributed by atoms with E-state index in [0.29, 0.717) is 30.3 Å². The molecule has 0 saturated heterocycles. The van der Waals surface area contributed by atoms with E-state index in [0.717, 1.165) is 28.7 Å². The second kappa shape index (κ2) is 9.07. The summed E-state index contributed by atoms with van der Waals surface area (Å²) in [5.41, 5.74) is 7.87. The Balaban J connectivity index is 1.41. The lowest BCUT2D eigenvalue weighted by Gasteiger charge is -2.55. The lowest BCUT2D eigenvalue weighted by Crippen LogP contribution is -2.59. The summed E-state index contributed by atoms with van der Waals surface area (Å²) < 4.78 is 20.7. The van der Waals surface area contributed by atoms with Crippen LogP contribution in [0.5, 0.6) is 0 Å². The molecule has 0 spiro atoms. The summed E-state index contributed by atoms with van der Waals surface area (Å²) in [4.78, 5) is 22.1. The molecule has 0 bridgehead atoms. The van der Waals surface area contributed by atoms with E-state index in [9.17, 15) is 9.18 Å². The monoisotopic (exact) mass is 504 g/mol. The van der Waals surface area contributed by atoms with Crippen LogP contribution < -0.4 is 11.1 Å². The highest BCUT2D eigenvalue weighted by atomic mass is 19.1. The van der Waals surface area contributed by atoms with Crippen molar-refractivity contribution in [2.24, 2.45) is 11.1 Å². The lowest BCUT2D eigenvalue weighted by molar-refractivity contribution is -0.181. The summed E-state index contributed by atoms with van der Waals surface area (Å²) in [5.74, 6) is 0.694. The Hall–Kier alpha value is -4.12. The highest BCUT2D eigenvalue weighted by Gasteiger charge is 2.62. The summed E-state index contributed by atoms with van der Waals surface area (Å²) in [6.07, 6.45) is 4.79. The first-order valence-corrected chi connectivity index (χ1v) is 11.9. The van der Waals surface area contributed by atoms with Gasteiger partial charge in [-0.15, -0.1) is 0 Å². The van der Waals surface area contributed by atoms with Gasteiger partial charge in [-0.05, 0) is 61.9 Å². The molecule has 1 amide bonds. The average Bonchev–Trinajstić information content (AvgIpc) is 3.46. The fourth-order valence-electron chi connectivity index (χ4n) is 5.20. The predicted molar refractivity (Wildman–Crippen MR) is 135 cm³/mol. The standard InChI is InChI=1S/C26H29FN8O2/c1-15-7-20(31-21(8-15)32-22-9-16(2)33-34-22)26(37-4)13-25(14-26,24(28)36)17(3)18-5-6-23(29-10-18)35-12-19(27)11-30-35/h5-12,17H,13-14H2,1-4H3,(H2,28,36)(H2,31,32,33,34)/t17-,25?,26?/m0/s1. The maximum Gasteiger partial charge on any atom is 0.224 e. The number of nitrogens with two attached hydrogens (primary N) is 1. The van der Waals surface area contributed by atoms with Crippen molar-refractivity contribution < 1.29 is 13.9 Å². The van der Waals surface area contributed by atoms with E-state index < -0.39 is 22.7 Å². The summed E-state index contributed by atoms with van der Waals surface area (Å²) in [6, 6.07) is 9.40. The van der Waals surface area contributed by atoms with Gasteiger partial charge < -0.3 is 15.8 Å². The van der Waals surface area contributed by atoms with E-state index >= 15 is 0 Å². The molecule has 0 aliphatic heterocycles. The number of hydrogen-bond donors (Lipinski definition) is 3. The zero-order chi connectivity index (χ0) is 26.4. The molecule has 0 unspecified atom stereocenters. The minimum Gasteiger partial charge on any atom is -0.372 e. The average molecular weight is 505 g/mol. The molecule has 1 saturated carbocycles. The van der Waals surface area contributed by atoms with Gasteiger partial charge in [-0.3, -0.25) is 9.89 Å². The minimum absolute atomic E-state index is 0.237. The van der Waals surface area contributed by atoms with Crippen LogP contribution in [0, 0.1) is 25.1 Å². The molecule has 1 aliphatic carbocycles. The number of nitrogens with zero attached hydrogens (tertiary/aromatic N) is 5. The second-order valence-corrected chi connectivity index (χ2v) is 9.82. The van der Waals surface area contributed by atoms with Crippen molar-refractivity contribution in [3.05, 3.63) is 77.3 Å². The molecule has 37 heavy (non-hydrogen) atoms. The van der Waals surface area contributed by atoms with Crippen molar-refractivity contribution in [3.63, 3.8) is 0 Å². The van der Waals surface area contributed by atoms with Crippen molar-refractivity contribution in [3.8, 4) is 5.82 Å². The Morgan fingerprint density at radius 3 is 2.57 bits per heavy atom. The number of rotatable bonds is 8. The van der Waals surface area contributed by atoms with Gasteiger partial charge >= 0.3 is 0 Å². The number of hydrogen-bond acceptors (Lipinski definition) is 7. The first-order valence-electron chi connectivity index (χ1n) is 11.9. The number of pyridine rings is 2. The number of aromatic amines is 1. The summed E-state index contributed by atoms with van der Waals surface area (Å²) in [6.45, 7) is 5.87. The minimum atomic E-state index is -0.852. The Labute approximate surface area is 213 Å². The van der Waals surface area contributed by atoms with E-state index in [1.807, 2.05) is 45.0 Å². The molecule has 1 aliphatic rings. The fraction of sp³-hybridized carbons (Fsp3) is 0.346. The van der Waals surface area contributed by atoms with Crippen LogP contribution in [0.4, 0.5) is 16.0 Å². The van der Waals surface area contributed by atoms with Gasteiger partial charge in [0.2, 0.25) is 5.91 Å². The Bertz CT molecular complexity index is 1440. The van der Waals surface area contributed by atoms with E-state index in [2.05, 4.69) is 25.6 Å². The number of ether oxygens (including phenoxy) is 1. The van der Waals surface area contributed by atoms with Gasteiger partial charge in [-0.25, -0.2) is 19.0 Å². The number of aryl methyl sites for hydroxylation is 2. The van der Waals surface area contributed by atoms with Gasteiger partial charge in [-0.1, -0.05) is 13.0 Å². The van der Waals surface area contributed by atoms with Crippen LogP contribution in [-0.4, -0.2) is 43.0 Å². The fourth-order valence-corrected chi connectivity index (χ4v) is 5.20. The quantitative estimate of drug-likeness (QED) is 0.332. The number of nitrogens with one attached hydrogen (secondary N) is 2. The molecule has 4 N–H and O–H groups in total. The molecule has 192 valence electrons. The Morgan fingerprint density at radius 1 is 1.22 bits per heavy atom. The molecule has 11 heteroatoms. The highest BCUT2D eigenvalue weighted by Crippen LogP contribution is 2.61.